The van der Waals surface area contributed by atoms with E-state index in [0.717, 1.165) is 24.9 Å². The monoisotopic (exact) mass is 283 g/mol. The van der Waals surface area contributed by atoms with E-state index in [2.05, 4.69) is 43.4 Å². The summed E-state index contributed by atoms with van der Waals surface area (Å²) in [5.41, 5.74) is 2.26. The molecule has 0 aromatic heterocycles. The second-order valence-electron chi connectivity index (χ2n) is 5.57. The van der Waals surface area contributed by atoms with Crippen molar-refractivity contribution in [3.63, 3.8) is 0 Å². The van der Waals surface area contributed by atoms with Crippen molar-refractivity contribution in [1.82, 2.24) is 5.32 Å². The van der Waals surface area contributed by atoms with E-state index in [0.29, 0.717) is 11.8 Å². The summed E-state index contributed by atoms with van der Waals surface area (Å²) in [4.78, 5) is 0. The standard InChI is InChI=1S/C19H25NO/c1-3-15(2)20-14-13-17(16-9-5-4-6-10-16)18-11-7-8-12-19(18)21/h4-12,15,17,20-21H,3,13-14H2,1-2H3/t15-,17+/m0/s1. The number of benzene rings is 2. The summed E-state index contributed by atoms with van der Waals surface area (Å²) in [6, 6.07) is 18.6. The average Bonchev–Trinajstić information content (AvgIpc) is 2.53. The zero-order valence-corrected chi connectivity index (χ0v) is 12.9. The van der Waals surface area contributed by atoms with Crippen LogP contribution in [-0.2, 0) is 0 Å². The molecule has 2 nitrogen and oxygen atoms in total. The van der Waals surface area contributed by atoms with Gasteiger partial charge < -0.3 is 10.4 Å². The van der Waals surface area contributed by atoms with Crippen LogP contribution in [0.1, 0.15) is 43.7 Å². The van der Waals surface area contributed by atoms with Crippen LogP contribution in [-0.4, -0.2) is 17.7 Å². The van der Waals surface area contributed by atoms with Gasteiger partial charge in [0.2, 0.25) is 0 Å². The Morgan fingerprint density at radius 3 is 2.33 bits per heavy atom. The maximum atomic E-state index is 10.2. The lowest BCUT2D eigenvalue weighted by Crippen LogP contribution is -2.27. The highest BCUT2D eigenvalue weighted by molar-refractivity contribution is 5.41. The summed E-state index contributed by atoms with van der Waals surface area (Å²) in [5, 5.41) is 13.7. The van der Waals surface area contributed by atoms with Gasteiger partial charge in [-0.1, -0.05) is 55.5 Å². The molecule has 0 saturated carbocycles. The Labute approximate surface area is 127 Å². The van der Waals surface area contributed by atoms with Crippen molar-refractivity contribution in [3.8, 4) is 5.75 Å². The molecule has 0 bridgehead atoms. The van der Waals surface area contributed by atoms with Crippen molar-refractivity contribution in [1.29, 1.82) is 0 Å². The minimum atomic E-state index is 0.226. The van der Waals surface area contributed by atoms with E-state index in [-0.39, 0.29) is 5.92 Å². The van der Waals surface area contributed by atoms with Crippen molar-refractivity contribution < 1.29 is 5.11 Å². The predicted octanol–water partition coefficient (Wildman–Crippen LogP) is 4.30. The quantitative estimate of drug-likeness (QED) is 0.794. The third-order valence-electron chi connectivity index (χ3n) is 4.05. The van der Waals surface area contributed by atoms with Crippen molar-refractivity contribution in [3.05, 3.63) is 65.7 Å². The van der Waals surface area contributed by atoms with Crippen molar-refractivity contribution in [2.75, 3.05) is 6.54 Å². The molecule has 2 atom stereocenters. The maximum absolute atomic E-state index is 10.2. The topological polar surface area (TPSA) is 32.3 Å². The molecule has 0 aliphatic heterocycles. The van der Waals surface area contributed by atoms with Crippen LogP contribution in [0, 0.1) is 0 Å². The molecule has 0 fully saturated rings. The predicted molar refractivity (Wildman–Crippen MR) is 88.8 cm³/mol. The Balaban J connectivity index is 2.18. The Bertz CT molecular complexity index is 538. The molecule has 0 aliphatic rings. The van der Waals surface area contributed by atoms with Gasteiger partial charge in [-0.15, -0.1) is 0 Å². The lowest BCUT2D eigenvalue weighted by atomic mass is 9.88. The number of rotatable bonds is 7. The minimum Gasteiger partial charge on any atom is -0.508 e. The summed E-state index contributed by atoms with van der Waals surface area (Å²) in [7, 11) is 0. The Morgan fingerprint density at radius 1 is 1.00 bits per heavy atom. The molecule has 2 rings (SSSR count). The zero-order valence-electron chi connectivity index (χ0n) is 12.9. The maximum Gasteiger partial charge on any atom is 0.119 e. The normalized spacial score (nSPS) is 13.8. The molecule has 0 radical (unpaired) electrons. The van der Waals surface area contributed by atoms with Gasteiger partial charge in [0, 0.05) is 17.5 Å². The fraction of sp³-hybridized carbons (Fsp3) is 0.368. The molecular formula is C19H25NO. The van der Waals surface area contributed by atoms with E-state index in [9.17, 15) is 5.11 Å². The molecule has 0 unspecified atom stereocenters. The van der Waals surface area contributed by atoms with Crippen LogP contribution < -0.4 is 5.32 Å². The van der Waals surface area contributed by atoms with Gasteiger partial charge in [-0.25, -0.2) is 0 Å². The highest BCUT2D eigenvalue weighted by atomic mass is 16.3. The Hall–Kier alpha value is -1.80. The van der Waals surface area contributed by atoms with Crippen LogP contribution in [0.15, 0.2) is 54.6 Å². The third-order valence-corrected chi connectivity index (χ3v) is 4.05. The summed E-state index contributed by atoms with van der Waals surface area (Å²) < 4.78 is 0. The van der Waals surface area contributed by atoms with Crippen molar-refractivity contribution >= 4 is 0 Å². The smallest absolute Gasteiger partial charge is 0.119 e. The van der Waals surface area contributed by atoms with E-state index in [1.54, 1.807) is 6.07 Å². The third kappa shape index (κ3) is 4.33. The van der Waals surface area contributed by atoms with Crippen molar-refractivity contribution in [2.45, 2.75) is 38.6 Å². The molecule has 2 aromatic carbocycles. The molecule has 2 heteroatoms. The highest BCUT2D eigenvalue weighted by Crippen LogP contribution is 2.33. The number of phenols is 1. The largest absolute Gasteiger partial charge is 0.508 e. The number of hydrogen-bond acceptors (Lipinski definition) is 2. The van der Waals surface area contributed by atoms with Gasteiger partial charge in [-0.2, -0.15) is 0 Å². The lowest BCUT2D eigenvalue weighted by Gasteiger charge is -2.20. The first-order valence-electron chi connectivity index (χ1n) is 7.78. The summed E-state index contributed by atoms with van der Waals surface area (Å²) in [6.45, 7) is 5.34. The van der Waals surface area contributed by atoms with Crippen LogP contribution in [0.4, 0.5) is 0 Å². The highest BCUT2D eigenvalue weighted by Gasteiger charge is 2.17. The van der Waals surface area contributed by atoms with Gasteiger partial charge in [-0.05, 0) is 37.9 Å². The van der Waals surface area contributed by atoms with Crippen LogP contribution in [0.5, 0.6) is 5.75 Å². The fourth-order valence-corrected chi connectivity index (χ4v) is 2.59. The van der Waals surface area contributed by atoms with Gasteiger partial charge in [0.05, 0.1) is 0 Å². The van der Waals surface area contributed by atoms with Crippen LogP contribution in [0.25, 0.3) is 0 Å². The molecule has 21 heavy (non-hydrogen) atoms. The number of para-hydroxylation sites is 1. The number of nitrogens with one attached hydrogen (secondary N) is 1. The van der Waals surface area contributed by atoms with Gasteiger partial charge in [-0.3, -0.25) is 0 Å². The number of aromatic hydroxyl groups is 1. The zero-order chi connectivity index (χ0) is 15.1. The lowest BCUT2D eigenvalue weighted by molar-refractivity contribution is 0.458. The first kappa shape index (κ1) is 15.6. The molecule has 112 valence electrons. The minimum absolute atomic E-state index is 0.226. The summed E-state index contributed by atoms with van der Waals surface area (Å²) >= 11 is 0. The first-order chi connectivity index (χ1) is 10.2. The molecule has 0 spiro atoms. The number of hydrogen-bond donors (Lipinski definition) is 2. The summed E-state index contributed by atoms with van der Waals surface area (Å²) in [5.74, 6) is 0.610. The van der Waals surface area contributed by atoms with E-state index in [4.69, 9.17) is 0 Å². The average molecular weight is 283 g/mol. The van der Waals surface area contributed by atoms with Crippen molar-refractivity contribution in [2.24, 2.45) is 0 Å². The fourth-order valence-electron chi connectivity index (χ4n) is 2.59. The van der Waals surface area contributed by atoms with E-state index in [1.807, 2.05) is 24.3 Å². The van der Waals surface area contributed by atoms with Gasteiger partial charge >= 0.3 is 0 Å². The first-order valence-corrected chi connectivity index (χ1v) is 7.78. The molecule has 0 saturated heterocycles. The summed E-state index contributed by atoms with van der Waals surface area (Å²) in [6.07, 6.45) is 2.11. The molecule has 0 heterocycles. The Morgan fingerprint density at radius 2 is 1.67 bits per heavy atom. The van der Waals surface area contributed by atoms with E-state index < -0.39 is 0 Å². The van der Waals surface area contributed by atoms with Gasteiger partial charge in [0.1, 0.15) is 5.75 Å². The van der Waals surface area contributed by atoms with Gasteiger partial charge in [0.15, 0.2) is 0 Å². The molecule has 0 aliphatic carbocycles. The molecular weight excluding hydrogens is 258 g/mol. The van der Waals surface area contributed by atoms with E-state index in [1.165, 1.54) is 5.56 Å². The number of phenolic OH excluding ortho intramolecular Hbond substituents is 1. The second kappa shape index (κ2) is 7.84. The molecule has 0 amide bonds. The van der Waals surface area contributed by atoms with Gasteiger partial charge in [0.25, 0.3) is 0 Å². The molecule has 2 aromatic rings. The second-order valence-corrected chi connectivity index (χ2v) is 5.57. The molecule has 2 N–H and O–H groups in total. The van der Waals surface area contributed by atoms with Crippen LogP contribution >= 0.6 is 0 Å². The van der Waals surface area contributed by atoms with Crippen LogP contribution in [0.2, 0.25) is 0 Å². The SMILES string of the molecule is CC[C@H](C)NCC[C@H](c1ccccc1)c1ccccc1O. The Kier molecular flexibility index (Phi) is 5.82. The van der Waals surface area contributed by atoms with E-state index >= 15 is 0 Å². The van der Waals surface area contributed by atoms with Crippen LogP contribution in [0.3, 0.4) is 0 Å².